The van der Waals surface area contributed by atoms with Crippen LogP contribution in [0.2, 0.25) is 5.02 Å². The molecule has 0 bridgehead atoms. The van der Waals surface area contributed by atoms with Gasteiger partial charge in [0.15, 0.2) is 0 Å². The summed E-state index contributed by atoms with van der Waals surface area (Å²) in [7, 11) is 0. The highest BCUT2D eigenvalue weighted by atomic mass is 35.5. The van der Waals surface area contributed by atoms with E-state index in [9.17, 15) is 9.59 Å². The zero-order valence-corrected chi connectivity index (χ0v) is 19.9. The van der Waals surface area contributed by atoms with Gasteiger partial charge in [0.1, 0.15) is 5.01 Å². The van der Waals surface area contributed by atoms with Crippen molar-refractivity contribution < 1.29 is 4.79 Å². The van der Waals surface area contributed by atoms with E-state index in [0.29, 0.717) is 40.3 Å². The van der Waals surface area contributed by atoms with E-state index in [2.05, 4.69) is 15.0 Å². The fourth-order valence-corrected chi connectivity index (χ4v) is 4.98. The van der Waals surface area contributed by atoms with Gasteiger partial charge >= 0.3 is 0 Å². The summed E-state index contributed by atoms with van der Waals surface area (Å²) >= 11 is 7.45. The Morgan fingerprint density at radius 2 is 1.82 bits per heavy atom. The van der Waals surface area contributed by atoms with E-state index in [-0.39, 0.29) is 11.5 Å². The van der Waals surface area contributed by atoms with E-state index in [1.165, 1.54) is 21.9 Å². The highest BCUT2D eigenvalue weighted by Gasteiger charge is 2.21. The van der Waals surface area contributed by atoms with Crippen molar-refractivity contribution in [2.45, 2.75) is 6.54 Å². The fraction of sp³-hybridized carbons (Fsp3) is 0.200. The largest absolute Gasteiger partial charge is 0.337 e. The zero-order chi connectivity index (χ0) is 23.5. The van der Waals surface area contributed by atoms with Gasteiger partial charge in [0.05, 0.1) is 5.69 Å². The molecule has 0 saturated carbocycles. The second kappa shape index (κ2) is 9.89. The van der Waals surface area contributed by atoms with Crippen molar-refractivity contribution in [3.8, 4) is 10.6 Å². The van der Waals surface area contributed by atoms with Gasteiger partial charge < -0.3 is 4.90 Å². The smallest absolute Gasteiger partial charge is 0.275 e. The average molecular weight is 492 g/mol. The number of rotatable bonds is 5. The van der Waals surface area contributed by atoms with E-state index >= 15 is 0 Å². The molecule has 1 amide bonds. The second-order valence-corrected chi connectivity index (χ2v) is 9.44. The van der Waals surface area contributed by atoms with E-state index in [1.54, 1.807) is 12.1 Å². The molecular weight excluding hydrogens is 470 g/mol. The molecular formula is C25H22ClN5O2S. The van der Waals surface area contributed by atoms with Gasteiger partial charge in [-0.3, -0.25) is 14.5 Å². The van der Waals surface area contributed by atoms with Crippen molar-refractivity contribution in [2.75, 3.05) is 26.2 Å². The Morgan fingerprint density at radius 3 is 2.59 bits per heavy atom. The molecule has 0 unspecified atom stereocenters. The van der Waals surface area contributed by atoms with Crippen molar-refractivity contribution in [3.63, 3.8) is 0 Å². The van der Waals surface area contributed by atoms with Crippen molar-refractivity contribution in [3.05, 3.63) is 93.4 Å². The maximum Gasteiger partial charge on any atom is 0.275 e. The molecule has 0 atom stereocenters. The average Bonchev–Trinajstić information content (AvgIpc) is 3.29. The van der Waals surface area contributed by atoms with Crippen LogP contribution in [0, 0.1) is 0 Å². The third kappa shape index (κ3) is 5.09. The van der Waals surface area contributed by atoms with Crippen molar-refractivity contribution in [1.82, 2.24) is 24.4 Å². The molecule has 1 saturated heterocycles. The van der Waals surface area contributed by atoms with Crippen molar-refractivity contribution in [2.24, 2.45) is 0 Å². The van der Waals surface area contributed by atoms with Gasteiger partial charge in [0, 0.05) is 55.5 Å². The quantitative estimate of drug-likeness (QED) is 0.397. The van der Waals surface area contributed by atoms with Crippen LogP contribution in [0.4, 0.5) is 0 Å². The lowest BCUT2D eigenvalue weighted by atomic mass is 10.2. The van der Waals surface area contributed by atoms with Crippen LogP contribution in [0.15, 0.2) is 71.5 Å². The first kappa shape index (κ1) is 22.5. The van der Waals surface area contributed by atoms with Crippen LogP contribution < -0.4 is 5.56 Å². The van der Waals surface area contributed by atoms with Crippen LogP contribution in [0.5, 0.6) is 0 Å². The molecule has 4 aromatic rings. The van der Waals surface area contributed by atoms with Crippen molar-refractivity contribution in [1.29, 1.82) is 0 Å². The van der Waals surface area contributed by atoms with Crippen LogP contribution in [0.1, 0.15) is 11.3 Å². The molecule has 3 heterocycles. The lowest BCUT2D eigenvalue weighted by molar-refractivity contribution is -0.127. The molecule has 9 heteroatoms. The molecule has 0 radical (unpaired) electrons. The minimum atomic E-state index is -0.204. The SMILES string of the molecule is O=C(/C=C/c1ccccc1)N1CCN(Cc2cc(=O)n3nc(-c4cccc(Cl)c4)sc3n2)CC1. The highest BCUT2D eigenvalue weighted by Crippen LogP contribution is 2.26. The number of nitrogens with zero attached hydrogens (tertiary/aromatic N) is 5. The molecule has 34 heavy (non-hydrogen) atoms. The monoisotopic (exact) mass is 491 g/mol. The number of carbonyl (C=O) groups is 1. The van der Waals surface area contributed by atoms with Gasteiger partial charge in [-0.2, -0.15) is 9.61 Å². The van der Waals surface area contributed by atoms with Crippen LogP contribution in [0.3, 0.4) is 0 Å². The summed E-state index contributed by atoms with van der Waals surface area (Å²) in [6, 6.07) is 18.7. The predicted molar refractivity (Wildman–Crippen MR) is 135 cm³/mol. The Labute approximate surface area is 205 Å². The van der Waals surface area contributed by atoms with Gasteiger partial charge in [0.2, 0.25) is 10.9 Å². The summed E-state index contributed by atoms with van der Waals surface area (Å²) in [4.78, 5) is 34.4. The number of amides is 1. The lowest BCUT2D eigenvalue weighted by Gasteiger charge is -2.34. The second-order valence-electron chi connectivity index (χ2n) is 8.04. The molecule has 0 aliphatic carbocycles. The highest BCUT2D eigenvalue weighted by molar-refractivity contribution is 7.19. The Hall–Kier alpha value is -3.33. The molecule has 1 fully saturated rings. The third-order valence-corrected chi connectivity index (χ3v) is 6.85. The standard InChI is InChI=1S/C25H22ClN5O2S/c26-20-8-4-7-19(15-20)24-28-31-23(33)16-21(27-25(31)34-24)17-29-11-13-30(14-12-29)22(32)10-9-18-5-2-1-3-6-18/h1-10,15-16H,11-14,17H2/b10-9+. The molecule has 1 aliphatic rings. The topological polar surface area (TPSA) is 70.8 Å². The number of hydrogen-bond donors (Lipinski definition) is 0. The summed E-state index contributed by atoms with van der Waals surface area (Å²) < 4.78 is 1.33. The summed E-state index contributed by atoms with van der Waals surface area (Å²) in [5.74, 6) is 0.0134. The van der Waals surface area contributed by atoms with Gasteiger partial charge in [0.25, 0.3) is 5.56 Å². The number of piperazine rings is 1. The van der Waals surface area contributed by atoms with Crippen LogP contribution in [-0.2, 0) is 11.3 Å². The third-order valence-electron chi connectivity index (χ3n) is 5.66. The number of carbonyl (C=O) groups excluding carboxylic acids is 1. The summed E-state index contributed by atoms with van der Waals surface area (Å²) in [6.45, 7) is 3.28. The fourth-order valence-electron chi connectivity index (χ4n) is 3.87. The Kier molecular flexibility index (Phi) is 6.53. The van der Waals surface area contributed by atoms with Gasteiger partial charge in [-0.15, -0.1) is 0 Å². The molecule has 0 spiro atoms. The minimum Gasteiger partial charge on any atom is -0.337 e. The Bertz CT molecular complexity index is 1410. The first-order valence-corrected chi connectivity index (χ1v) is 12.1. The molecule has 2 aromatic carbocycles. The first-order valence-electron chi connectivity index (χ1n) is 11.0. The number of hydrogen-bond acceptors (Lipinski definition) is 6. The molecule has 172 valence electrons. The van der Waals surface area contributed by atoms with E-state index in [1.807, 2.05) is 59.5 Å². The maximum atomic E-state index is 12.6. The molecule has 2 aromatic heterocycles. The zero-order valence-electron chi connectivity index (χ0n) is 18.3. The van der Waals surface area contributed by atoms with Gasteiger partial charge in [-0.25, -0.2) is 4.98 Å². The molecule has 1 aliphatic heterocycles. The summed E-state index contributed by atoms with van der Waals surface area (Å²) in [5.41, 5.74) is 2.36. The number of aromatic nitrogens is 3. The van der Waals surface area contributed by atoms with Crippen LogP contribution in [0.25, 0.3) is 21.6 Å². The number of benzene rings is 2. The Balaban J connectivity index is 1.23. The normalized spacial score (nSPS) is 14.8. The first-order chi connectivity index (χ1) is 16.5. The van der Waals surface area contributed by atoms with Crippen LogP contribution >= 0.6 is 22.9 Å². The van der Waals surface area contributed by atoms with E-state index in [0.717, 1.165) is 24.2 Å². The van der Waals surface area contributed by atoms with Crippen LogP contribution in [-0.4, -0.2) is 56.5 Å². The number of halogens is 1. The maximum absolute atomic E-state index is 12.6. The van der Waals surface area contributed by atoms with Crippen molar-refractivity contribution >= 4 is 39.9 Å². The summed E-state index contributed by atoms with van der Waals surface area (Å²) in [5, 5.41) is 5.73. The van der Waals surface area contributed by atoms with E-state index in [4.69, 9.17) is 11.6 Å². The molecule has 5 rings (SSSR count). The Morgan fingerprint density at radius 1 is 1.03 bits per heavy atom. The van der Waals surface area contributed by atoms with E-state index < -0.39 is 0 Å². The minimum absolute atomic E-state index is 0.0134. The summed E-state index contributed by atoms with van der Waals surface area (Å²) in [6.07, 6.45) is 3.47. The number of fused-ring (bicyclic) bond motifs is 1. The van der Waals surface area contributed by atoms with Gasteiger partial charge in [-0.05, 0) is 23.8 Å². The molecule has 7 nitrogen and oxygen atoms in total. The van der Waals surface area contributed by atoms with Gasteiger partial charge in [-0.1, -0.05) is 65.4 Å². The lowest BCUT2D eigenvalue weighted by Crippen LogP contribution is -2.48. The molecule has 0 N–H and O–H groups in total. The predicted octanol–water partition coefficient (Wildman–Crippen LogP) is 3.83.